The number of benzene rings is 1. The Morgan fingerprint density at radius 2 is 2.09 bits per heavy atom. The molecule has 0 atom stereocenters. The molecule has 1 aromatic carbocycles. The normalized spacial score (nSPS) is 15.7. The van der Waals surface area contributed by atoms with Crippen LogP contribution in [0, 0.1) is 0 Å². The van der Waals surface area contributed by atoms with Gasteiger partial charge in [-0.2, -0.15) is 4.98 Å². The molecule has 1 fully saturated rings. The fourth-order valence-electron chi connectivity index (χ4n) is 2.69. The predicted molar refractivity (Wildman–Crippen MR) is 79.4 cm³/mol. The third-order valence-corrected chi connectivity index (χ3v) is 3.81. The van der Waals surface area contributed by atoms with E-state index < -0.39 is 6.09 Å². The number of carbonyl (C=O) groups excluding carboxylic acids is 1. The van der Waals surface area contributed by atoms with Crippen molar-refractivity contribution in [3.8, 4) is 5.75 Å². The molecule has 0 radical (unpaired) electrons. The van der Waals surface area contributed by atoms with E-state index in [1.165, 1.54) is 7.11 Å². The summed E-state index contributed by atoms with van der Waals surface area (Å²) in [5.41, 5.74) is 2.29. The van der Waals surface area contributed by atoms with E-state index in [1.807, 2.05) is 12.1 Å². The molecule has 0 bridgehead atoms. The Kier molecular flexibility index (Phi) is 4.15. The van der Waals surface area contributed by atoms with Crippen LogP contribution in [-0.2, 0) is 9.47 Å². The maximum Gasteiger partial charge on any atom is 0.414 e. The second kappa shape index (κ2) is 6.23. The van der Waals surface area contributed by atoms with E-state index in [9.17, 15) is 4.79 Å². The fraction of sp³-hybridized carbons (Fsp3) is 0.467. The number of hydrogen-bond acceptors (Lipinski definition) is 6. The lowest BCUT2D eigenvalue weighted by Gasteiger charge is -2.22. The first-order chi connectivity index (χ1) is 10.7. The number of fused-ring (bicyclic) bond motifs is 1. The van der Waals surface area contributed by atoms with Crippen molar-refractivity contribution >= 4 is 23.2 Å². The van der Waals surface area contributed by atoms with Gasteiger partial charge in [-0.15, -0.1) is 0 Å². The molecule has 1 N–H and O–H groups in total. The van der Waals surface area contributed by atoms with Crippen molar-refractivity contribution in [1.82, 2.24) is 4.98 Å². The van der Waals surface area contributed by atoms with E-state index in [0.717, 1.165) is 31.6 Å². The van der Waals surface area contributed by atoms with Crippen molar-refractivity contribution in [2.45, 2.75) is 18.8 Å². The minimum absolute atomic E-state index is 0.0969. The van der Waals surface area contributed by atoms with Gasteiger partial charge in [0.15, 0.2) is 11.1 Å². The second-order valence-electron chi connectivity index (χ2n) is 5.06. The molecule has 1 saturated heterocycles. The summed E-state index contributed by atoms with van der Waals surface area (Å²) in [4.78, 5) is 15.6. The lowest BCUT2D eigenvalue weighted by molar-refractivity contribution is 0.0854. The molecule has 1 aliphatic heterocycles. The largest absolute Gasteiger partial charge is 0.494 e. The Balaban J connectivity index is 2.03. The van der Waals surface area contributed by atoms with E-state index in [2.05, 4.69) is 15.0 Å². The van der Waals surface area contributed by atoms with Crippen LogP contribution in [-0.4, -0.2) is 38.5 Å². The van der Waals surface area contributed by atoms with E-state index in [0.29, 0.717) is 22.8 Å². The average molecular weight is 306 g/mol. The standard InChI is InChI=1S/C15H18N2O5/c1-19-11-4-3-10(9-5-7-21-8-6-9)13-12(11)16-14(22-13)17-15(18)20-2/h3-4,9H,5-8H2,1-2H3,(H,16,17,18). The van der Waals surface area contributed by atoms with Gasteiger partial charge in [-0.25, -0.2) is 10.1 Å². The summed E-state index contributed by atoms with van der Waals surface area (Å²) < 4.78 is 21.0. The summed E-state index contributed by atoms with van der Waals surface area (Å²) in [5, 5.41) is 2.44. The molecular weight excluding hydrogens is 288 g/mol. The number of ether oxygens (including phenoxy) is 3. The van der Waals surface area contributed by atoms with Gasteiger partial charge < -0.3 is 18.6 Å². The molecule has 7 nitrogen and oxygen atoms in total. The SMILES string of the molecule is COC(=O)Nc1nc2c(OC)ccc(C3CCOCC3)c2o1. The van der Waals surface area contributed by atoms with Gasteiger partial charge in [-0.05, 0) is 24.8 Å². The fourth-order valence-corrected chi connectivity index (χ4v) is 2.69. The maximum atomic E-state index is 11.3. The number of anilines is 1. The lowest BCUT2D eigenvalue weighted by Crippen LogP contribution is -2.14. The third kappa shape index (κ3) is 2.71. The zero-order valence-corrected chi connectivity index (χ0v) is 12.5. The quantitative estimate of drug-likeness (QED) is 0.938. The molecule has 2 aromatic rings. The molecule has 0 saturated carbocycles. The number of nitrogens with one attached hydrogen (secondary N) is 1. The molecule has 1 aromatic heterocycles. The zero-order chi connectivity index (χ0) is 15.5. The monoisotopic (exact) mass is 306 g/mol. The molecule has 1 aliphatic rings. The van der Waals surface area contributed by atoms with Gasteiger partial charge in [0.1, 0.15) is 5.75 Å². The first-order valence-corrected chi connectivity index (χ1v) is 7.13. The molecule has 22 heavy (non-hydrogen) atoms. The molecule has 0 spiro atoms. The highest BCUT2D eigenvalue weighted by Gasteiger charge is 2.23. The molecular formula is C15H18N2O5. The molecule has 118 valence electrons. The van der Waals surface area contributed by atoms with Gasteiger partial charge in [0.05, 0.1) is 14.2 Å². The van der Waals surface area contributed by atoms with Gasteiger partial charge >= 0.3 is 12.1 Å². The minimum atomic E-state index is -0.627. The highest BCUT2D eigenvalue weighted by molar-refractivity contribution is 5.88. The van der Waals surface area contributed by atoms with Gasteiger partial charge in [0.25, 0.3) is 0 Å². The van der Waals surface area contributed by atoms with Crippen molar-refractivity contribution in [3.05, 3.63) is 17.7 Å². The molecule has 1 amide bonds. The van der Waals surface area contributed by atoms with Crippen molar-refractivity contribution in [3.63, 3.8) is 0 Å². The van der Waals surface area contributed by atoms with Crippen LogP contribution in [0.5, 0.6) is 5.75 Å². The summed E-state index contributed by atoms with van der Waals surface area (Å²) in [5.74, 6) is 0.952. The van der Waals surface area contributed by atoms with Crippen LogP contribution in [0.4, 0.5) is 10.8 Å². The summed E-state index contributed by atoms with van der Waals surface area (Å²) in [6.07, 6.45) is 1.24. The Labute approximate surface area is 127 Å². The summed E-state index contributed by atoms with van der Waals surface area (Å²) >= 11 is 0. The first-order valence-electron chi connectivity index (χ1n) is 7.13. The Bertz CT molecular complexity index is 676. The maximum absolute atomic E-state index is 11.3. The van der Waals surface area contributed by atoms with Crippen molar-refractivity contribution in [1.29, 1.82) is 0 Å². The number of aromatic nitrogens is 1. The Morgan fingerprint density at radius 1 is 1.32 bits per heavy atom. The van der Waals surface area contributed by atoms with Gasteiger partial charge in [0.2, 0.25) is 0 Å². The van der Waals surface area contributed by atoms with Crippen molar-refractivity contribution in [2.75, 3.05) is 32.8 Å². The molecule has 7 heteroatoms. The smallest absolute Gasteiger partial charge is 0.414 e. The van der Waals surface area contributed by atoms with Crippen LogP contribution in [0.3, 0.4) is 0 Å². The zero-order valence-electron chi connectivity index (χ0n) is 12.5. The highest BCUT2D eigenvalue weighted by atomic mass is 16.5. The predicted octanol–water partition coefficient (Wildman–Crippen LogP) is 2.91. The van der Waals surface area contributed by atoms with E-state index in [4.69, 9.17) is 13.9 Å². The molecule has 2 heterocycles. The van der Waals surface area contributed by atoms with Crippen molar-refractivity contribution in [2.24, 2.45) is 0 Å². The summed E-state index contributed by atoms with van der Waals surface area (Å²) in [7, 11) is 2.86. The average Bonchev–Trinajstić information content (AvgIpc) is 2.97. The molecule has 0 aliphatic carbocycles. The van der Waals surface area contributed by atoms with E-state index in [1.54, 1.807) is 7.11 Å². The topological polar surface area (TPSA) is 82.8 Å². The number of carbonyl (C=O) groups is 1. The Morgan fingerprint density at radius 3 is 2.77 bits per heavy atom. The summed E-state index contributed by atoms with van der Waals surface area (Å²) in [6, 6.07) is 3.96. The molecule has 3 rings (SSSR count). The van der Waals surface area contributed by atoms with Crippen LogP contribution < -0.4 is 10.1 Å². The van der Waals surface area contributed by atoms with Crippen LogP contribution in [0.2, 0.25) is 0 Å². The minimum Gasteiger partial charge on any atom is -0.494 e. The summed E-state index contributed by atoms with van der Waals surface area (Å²) in [6.45, 7) is 1.47. The number of hydrogen-bond donors (Lipinski definition) is 1. The first kappa shape index (κ1) is 14.6. The highest BCUT2D eigenvalue weighted by Crippen LogP contribution is 2.37. The number of oxazole rings is 1. The van der Waals surface area contributed by atoms with Crippen LogP contribution >= 0.6 is 0 Å². The van der Waals surface area contributed by atoms with Crippen LogP contribution in [0.1, 0.15) is 24.3 Å². The number of methoxy groups -OCH3 is 2. The van der Waals surface area contributed by atoms with Crippen LogP contribution in [0.15, 0.2) is 16.5 Å². The lowest BCUT2D eigenvalue weighted by atomic mass is 9.91. The van der Waals surface area contributed by atoms with Gasteiger partial charge in [0, 0.05) is 18.8 Å². The number of nitrogens with zero attached hydrogens (tertiary/aromatic N) is 1. The second-order valence-corrected chi connectivity index (χ2v) is 5.06. The van der Waals surface area contributed by atoms with Gasteiger partial charge in [-0.1, -0.05) is 6.07 Å². The van der Waals surface area contributed by atoms with E-state index in [-0.39, 0.29) is 6.01 Å². The van der Waals surface area contributed by atoms with Crippen molar-refractivity contribution < 1.29 is 23.4 Å². The Hall–Kier alpha value is -2.28. The van der Waals surface area contributed by atoms with Crippen LogP contribution in [0.25, 0.3) is 11.1 Å². The third-order valence-electron chi connectivity index (χ3n) is 3.81. The van der Waals surface area contributed by atoms with E-state index >= 15 is 0 Å². The van der Waals surface area contributed by atoms with Gasteiger partial charge in [-0.3, -0.25) is 0 Å². The number of amides is 1. The number of rotatable bonds is 3. The molecule has 0 unspecified atom stereocenters.